The molecule has 2 aromatic heterocycles. The lowest BCUT2D eigenvalue weighted by Crippen LogP contribution is -2.19. The zero-order valence-electron chi connectivity index (χ0n) is 10.9. The Labute approximate surface area is 112 Å². The van der Waals surface area contributed by atoms with Crippen LogP contribution in [0, 0.1) is 0 Å². The summed E-state index contributed by atoms with van der Waals surface area (Å²) in [5.41, 5.74) is 2.71. The van der Waals surface area contributed by atoms with Crippen molar-refractivity contribution >= 4 is 23.1 Å². The van der Waals surface area contributed by atoms with E-state index in [-0.39, 0.29) is 6.23 Å². The van der Waals surface area contributed by atoms with Gasteiger partial charge < -0.3 is 4.74 Å². The molecule has 0 aromatic carbocycles. The molecule has 98 valence electrons. The molecule has 0 saturated carbocycles. The zero-order valence-corrected chi connectivity index (χ0v) is 10.9. The van der Waals surface area contributed by atoms with Gasteiger partial charge in [0.2, 0.25) is 0 Å². The van der Waals surface area contributed by atoms with E-state index in [1.165, 1.54) is 6.42 Å². The van der Waals surface area contributed by atoms with Gasteiger partial charge in [0.15, 0.2) is 6.23 Å². The van der Waals surface area contributed by atoms with Gasteiger partial charge in [0.25, 0.3) is 0 Å². The first-order valence-corrected chi connectivity index (χ1v) is 6.58. The van der Waals surface area contributed by atoms with E-state index in [2.05, 4.69) is 23.2 Å². The minimum atomic E-state index is 0.0151. The Morgan fingerprint density at radius 2 is 2.21 bits per heavy atom. The summed E-state index contributed by atoms with van der Waals surface area (Å²) in [5, 5.41) is 5.66. The molecular weight excluding hydrogens is 238 g/mol. The van der Waals surface area contributed by atoms with Crippen LogP contribution in [-0.4, -0.2) is 21.4 Å². The average molecular weight is 255 g/mol. The zero-order chi connectivity index (χ0) is 13.2. The minimum absolute atomic E-state index is 0.0151. The highest BCUT2D eigenvalue weighted by atomic mass is 16.5. The number of hydrogen-bond acceptors (Lipinski definition) is 3. The topological polar surface area (TPSA) is 39.9 Å². The van der Waals surface area contributed by atoms with Gasteiger partial charge in [0.05, 0.1) is 23.1 Å². The molecule has 1 saturated heterocycles. The van der Waals surface area contributed by atoms with Crippen LogP contribution in [-0.2, 0) is 4.74 Å². The monoisotopic (exact) mass is 255 g/mol. The molecule has 0 bridgehead atoms. The normalized spacial score (nSPS) is 19.5. The van der Waals surface area contributed by atoms with E-state index in [0.29, 0.717) is 0 Å². The maximum absolute atomic E-state index is 5.80. The highest BCUT2D eigenvalue weighted by molar-refractivity contribution is 5.87. The molecule has 1 fully saturated rings. The highest BCUT2D eigenvalue weighted by Crippen LogP contribution is 2.28. The van der Waals surface area contributed by atoms with Crippen molar-refractivity contribution in [3.63, 3.8) is 0 Å². The van der Waals surface area contributed by atoms with E-state index in [9.17, 15) is 0 Å². The molecule has 0 amide bonds. The Kier molecular flexibility index (Phi) is 3.17. The van der Waals surface area contributed by atoms with E-state index in [0.717, 1.165) is 41.7 Å². The summed E-state index contributed by atoms with van der Waals surface area (Å²) in [6.07, 6.45) is 8.66. The molecule has 4 nitrogen and oxygen atoms in total. The summed E-state index contributed by atoms with van der Waals surface area (Å²) in [6, 6.07) is 1.99. The van der Waals surface area contributed by atoms with Crippen molar-refractivity contribution in [2.24, 2.45) is 0 Å². The lowest BCUT2D eigenvalue weighted by molar-refractivity contribution is -0.0367. The van der Waals surface area contributed by atoms with E-state index in [1.54, 1.807) is 12.2 Å². The van der Waals surface area contributed by atoms with Gasteiger partial charge in [-0.15, -0.1) is 0 Å². The van der Waals surface area contributed by atoms with Gasteiger partial charge >= 0.3 is 0 Å². The molecule has 1 atom stereocenters. The Morgan fingerprint density at radius 1 is 1.32 bits per heavy atom. The van der Waals surface area contributed by atoms with Gasteiger partial charge in [-0.05, 0) is 37.5 Å². The molecule has 4 heteroatoms. The number of pyridine rings is 1. The van der Waals surface area contributed by atoms with Gasteiger partial charge in [0, 0.05) is 12.0 Å². The van der Waals surface area contributed by atoms with Crippen LogP contribution in [0.15, 0.2) is 25.4 Å². The fourth-order valence-electron chi connectivity index (χ4n) is 2.47. The van der Waals surface area contributed by atoms with E-state index in [4.69, 9.17) is 4.74 Å². The maximum Gasteiger partial charge on any atom is 0.150 e. The minimum Gasteiger partial charge on any atom is -0.356 e. The fourth-order valence-corrected chi connectivity index (χ4v) is 2.47. The fraction of sp³-hybridized carbons (Fsp3) is 0.333. The predicted octanol–water partition coefficient (Wildman–Crippen LogP) is 3.42. The lowest BCUT2D eigenvalue weighted by atomic mass is 10.2. The average Bonchev–Trinajstić information content (AvgIpc) is 2.86. The lowest BCUT2D eigenvalue weighted by Gasteiger charge is -2.23. The van der Waals surface area contributed by atoms with E-state index < -0.39 is 0 Å². The van der Waals surface area contributed by atoms with Crippen molar-refractivity contribution < 1.29 is 4.74 Å². The summed E-state index contributed by atoms with van der Waals surface area (Å²) >= 11 is 0. The standard InChI is InChI=1S/C15H17N3O/c1-3-11-9-12-13(4-2)17-18(14(12)10-16-11)15-7-5-6-8-19-15/h3-4,9-10,15H,1-2,5-8H2. The molecule has 1 unspecified atom stereocenters. The number of aromatic nitrogens is 3. The number of nitrogens with zero attached hydrogens (tertiary/aromatic N) is 3. The Morgan fingerprint density at radius 3 is 2.89 bits per heavy atom. The molecule has 0 spiro atoms. The van der Waals surface area contributed by atoms with Crippen LogP contribution in [0.1, 0.15) is 36.9 Å². The highest BCUT2D eigenvalue weighted by Gasteiger charge is 2.20. The molecule has 0 aliphatic carbocycles. The number of fused-ring (bicyclic) bond motifs is 1. The molecule has 0 N–H and O–H groups in total. The van der Waals surface area contributed by atoms with Crippen LogP contribution in [0.3, 0.4) is 0 Å². The van der Waals surface area contributed by atoms with E-state index >= 15 is 0 Å². The van der Waals surface area contributed by atoms with Gasteiger partial charge in [-0.1, -0.05) is 13.2 Å². The number of ether oxygens (including phenoxy) is 1. The van der Waals surface area contributed by atoms with Crippen LogP contribution in [0.25, 0.3) is 23.1 Å². The second-order valence-electron chi connectivity index (χ2n) is 4.69. The largest absolute Gasteiger partial charge is 0.356 e. The summed E-state index contributed by atoms with van der Waals surface area (Å²) in [7, 11) is 0. The van der Waals surface area contributed by atoms with Crippen molar-refractivity contribution in [3.8, 4) is 0 Å². The van der Waals surface area contributed by atoms with Gasteiger partial charge in [-0.25, -0.2) is 4.68 Å². The SMILES string of the molecule is C=Cc1cc2c(C=C)nn(C3CCCCO3)c2cn1. The van der Waals surface area contributed by atoms with Gasteiger partial charge in [-0.2, -0.15) is 5.10 Å². The Bertz CT molecular complexity index is 624. The summed E-state index contributed by atoms with van der Waals surface area (Å²) in [4.78, 5) is 4.36. The van der Waals surface area contributed by atoms with Crippen LogP contribution in [0.5, 0.6) is 0 Å². The summed E-state index contributed by atoms with van der Waals surface area (Å²) < 4.78 is 7.74. The maximum atomic E-state index is 5.80. The molecular formula is C15H17N3O. The first-order chi connectivity index (χ1) is 9.33. The Balaban J connectivity index is 2.14. The van der Waals surface area contributed by atoms with Crippen molar-refractivity contribution in [1.29, 1.82) is 0 Å². The van der Waals surface area contributed by atoms with Crippen molar-refractivity contribution in [3.05, 3.63) is 36.8 Å². The van der Waals surface area contributed by atoms with Crippen LogP contribution in [0.4, 0.5) is 0 Å². The summed E-state index contributed by atoms with van der Waals surface area (Å²) in [6.45, 7) is 8.38. The Hall–Kier alpha value is -1.94. The second kappa shape index (κ2) is 4.97. The summed E-state index contributed by atoms with van der Waals surface area (Å²) in [5.74, 6) is 0. The van der Waals surface area contributed by atoms with Crippen LogP contribution >= 0.6 is 0 Å². The van der Waals surface area contributed by atoms with Crippen LogP contribution < -0.4 is 0 Å². The molecule has 2 aromatic rings. The van der Waals surface area contributed by atoms with Crippen LogP contribution in [0.2, 0.25) is 0 Å². The quantitative estimate of drug-likeness (QED) is 0.843. The molecule has 3 rings (SSSR count). The number of rotatable bonds is 3. The first-order valence-electron chi connectivity index (χ1n) is 6.58. The molecule has 0 radical (unpaired) electrons. The van der Waals surface area contributed by atoms with Crippen molar-refractivity contribution in [1.82, 2.24) is 14.8 Å². The third kappa shape index (κ3) is 2.08. The third-order valence-corrected chi connectivity index (χ3v) is 3.47. The second-order valence-corrected chi connectivity index (χ2v) is 4.69. The van der Waals surface area contributed by atoms with Crippen molar-refractivity contribution in [2.45, 2.75) is 25.5 Å². The first kappa shape index (κ1) is 12.1. The predicted molar refractivity (Wildman–Crippen MR) is 76.6 cm³/mol. The van der Waals surface area contributed by atoms with Gasteiger partial charge in [0.1, 0.15) is 0 Å². The number of hydrogen-bond donors (Lipinski definition) is 0. The molecule has 1 aliphatic rings. The molecule has 19 heavy (non-hydrogen) atoms. The third-order valence-electron chi connectivity index (χ3n) is 3.47. The van der Waals surface area contributed by atoms with Crippen molar-refractivity contribution in [2.75, 3.05) is 6.61 Å². The smallest absolute Gasteiger partial charge is 0.150 e. The van der Waals surface area contributed by atoms with Gasteiger partial charge in [-0.3, -0.25) is 4.98 Å². The molecule has 3 heterocycles. The molecule has 1 aliphatic heterocycles. The van der Waals surface area contributed by atoms with E-state index in [1.807, 2.05) is 16.9 Å².